The van der Waals surface area contributed by atoms with Crippen LogP contribution < -0.4 is 5.32 Å². The lowest BCUT2D eigenvalue weighted by molar-refractivity contribution is -0.146. The molecule has 1 aromatic rings. The minimum Gasteiger partial charge on any atom is -0.462 e. The zero-order chi connectivity index (χ0) is 16.7. The van der Waals surface area contributed by atoms with E-state index in [1.165, 1.54) is 0 Å². The van der Waals surface area contributed by atoms with Crippen LogP contribution in [0.4, 0.5) is 18.9 Å². The molecule has 1 rings (SSSR count). The number of esters is 2. The number of ether oxygens (including phenoxy) is 2. The third kappa shape index (κ3) is 4.51. The second-order valence-corrected chi connectivity index (χ2v) is 3.90. The molecule has 0 heterocycles. The van der Waals surface area contributed by atoms with Gasteiger partial charge in [0.05, 0.1) is 13.2 Å². The van der Waals surface area contributed by atoms with Crippen molar-refractivity contribution >= 4 is 17.6 Å². The van der Waals surface area contributed by atoms with Crippen molar-refractivity contribution < 1.29 is 32.2 Å². The molecule has 0 aliphatic heterocycles. The molecule has 1 N–H and O–H groups in total. The van der Waals surface area contributed by atoms with Crippen LogP contribution in [0.15, 0.2) is 23.9 Å². The van der Waals surface area contributed by atoms with Crippen LogP contribution in [0, 0.1) is 17.5 Å². The molecule has 0 aliphatic carbocycles. The Hall–Kier alpha value is -2.51. The monoisotopic (exact) mass is 317 g/mol. The molecule has 0 amide bonds. The summed E-state index contributed by atoms with van der Waals surface area (Å²) in [6.07, 6.45) is 0.877. The Labute approximate surface area is 124 Å². The van der Waals surface area contributed by atoms with Gasteiger partial charge in [0, 0.05) is 24.0 Å². The average Bonchev–Trinajstić information content (AvgIpc) is 2.45. The SMILES string of the molecule is CCOC(=O)C(=CNc1cc(F)c(F)c(F)c1)C(=O)OCC. The van der Waals surface area contributed by atoms with Gasteiger partial charge in [0.15, 0.2) is 23.0 Å². The van der Waals surface area contributed by atoms with Gasteiger partial charge in [-0.3, -0.25) is 0 Å². The molecule has 0 unspecified atom stereocenters. The van der Waals surface area contributed by atoms with Crippen molar-refractivity contribution in [3.8, 4) is 0 Å². The Morgan fingerprint density at radius 1 is 1.05 bits per heavy atom. The van der Waals surface area contributed by atoms with Crippen LogP contribution in [0.1, 0.15) is 13.8 Å². The number of hydrogen-bond acceptors (Lipinski definition) is 5. The molecule has 0 saturated heterocycles. The molecule has 8 heteroatoms. The van der Waals surface area contributed by atoms with E-state index in [-0.39, 0.29) is 18.9 Å². The predicted molar refractivity (Wildman–Crippen MR) is 71.3 cm³/mol. The maximum absolute atomic E-state index is 13.1. The summed E-state index contributed by atoms with van der Waals surface area (Å²) in [5.74, 6) is -6.37. The van der Waals surface area contributed by atoms with Gasteiger partial charge in [0.2, 0.25) is 0 Å². The molecule has 0 bridgehead atoms. The Balaban J connectivity index is 3.02. The van der Waals surface area contributed by atoms with Crippen LogP contribution in [-0.4, -0.2) is 25.2 Å². The third-order valence-corrected chi connectivity index (χ3v) is 2.36. The predicted octanol–water partition coefficient (Wildman–Crippen LogP) is 2.53. The topological polar surface area (TPSA) is 64.6 Å². The van der Waals surface area contributed by atoms with E-state index < -0.39 is 35.0 Å². The van der Waals surface area contributed by atoms with E-state index in [4.69, 9.17) is 0 Å². The first-order valence-corrected chi connectivity index (χ1v) is 6.36. The summed E-state index contributed by atoms with van der Waals surface area (Å²) in [6, 6.07) is 1.34. The molecular weight excluding hydrogens is 303 g/mol. The van der Waals surface area contributed by atoms with Crippen LogP contribution in [0.5, 0.6) is 0 Å². The standard InChI is InChI=1S/C14H14F3NO4/c1-3-21-13(19)9(14(20)22-4-2)7-18-8-5-10(15)12(17)11(16)6-8/h5-7,18H,3-4H2,1-2H3. The minimum atomic E-state index is -1.62. The number of anilines is 1. The highest BCUT2D eigenvalue weighted by molar-refractivity contribution is 6.14. The quantitative estimate of drug-likeness (QED) is 0.287. The normalized spacial score (nSPS) is 9.86. The Morgan fingerprint density at radius 2 is 1.50 bits per heavy atom. The van der Waals surface area contributed by atoms with Crippen LogP contribution >= 0.6 is 0 Å². The maximum Gasteiger partial charge on any atom is 0.347 e. The van der Waals surface area contributed by atoms with Gasteiger partial charge in [-0.15, -0.1) is 0 Å². The van der Waals surface area contributed by atoms with E-state index in [2.05, 4.69) is 14.8 Å². The zero-order valence-electron chi connectivity index (χ0n) is 11.9. The minimum absolute atomic E-state index is 0.0232. The molecule has 5 nitrogen and oxygen atoms in total. The lowest BCUT2D eigenvalue weighted by Gasteiger charge is -2.08. The molecule has 1 aromatic carbocycles. The highest BCUT2D eigenvalue weighted by Gasteiger charge is 2.21. The van der Waals surface area contributed by atoms with Gasteiger partial charge in [0.25, 0.3) is 0 Å². The zero-order valence-corrected chi connectivity index (χ0v) is 11.9. The van der Waals surface area contributed by atoms with Crippen molar-refractivity contribution in [1.82, 2.24) is 0 Å². The highest BCUT2D eigenvalue weighted by atomic mass is 19.2. The Bertz CT molecular complexity index is 559. The summed E-state index contributed by atoms with van der Waals surface area (Å²) >= 11 is 0. The fraction of sp³-hybridized carbons (Fsp3) is 0.286. The van der Waals surface area contributed by atoms with Crippen molar-refractivity contribution in [2.45, 2.75) is 13.8 Å². The van der Waals surface area contributed by atoms with Crippen molar-refractivity contribution in [2.24, 2.45) is 0 Å². The highest BCUT2D eigenvalue weighted by Crippen LogP contribution is 2.17. The van der Waals surface area contributed by atoms with Gasteiger partial charge in [-0.2, -0.15) is 0 Å². The molecule has 0 aliphatic rings. The number of benzene rings is 1. The van der Waals surface area contributed by atoms with Crippen molar-refractivity contribution in [3.63, 3.8) is 0 Å². The Morgan fingerprint density at radius 3 is 1.91 bits per heavy atom. The molecule has 0 radical (unpaired) electrons. The summed E-state index contributed by atoms with van der Waals surface area (Å²) in [5.41, 5.74) is -0.684. The van der Waals surface area contributed by atoms with Crippen molar-refractivity contribution in [2.75, 3.05) is 18.5 Å². The number of halogens is 3. The first-order valence-electron chi connectivity index (χ1n) is 6.36. The molecule has 0 saturated carbocycles. The fourth-order valence-corrected chi connectivity index (χ4v) is 1.41. The van der Waals surface area contributed by atoms with Crippen LogP contribution in [0.3, 0.4) is 0 Å². The number of carbonyl (C=O) groups excluding carboxylic acids is 2. The van der Waals surface area contributed by atoms with Gasteiger partial charge in [-0.1, -0.05) is 0 Å². The first-order chi connectivity index (χ1) is 10.4. The maximum atomic E-state index is 13.1. The van der Waals surface area contributed by atoms with Gasteiger partial charge in [0.1, 0.15) is 0 Å². The van der Waals surface area contributed by atoms with Gasteiger partial charge >= 0.3 is 11.9 Å². The largest absolute Gasteiger partial charge is 0.462 e. The first kappa shape index (κ1) is 17.5. The lowest BCUT2D eigenvalue weighted by atomic mass is 10.2. The average molecular weight is 317 g/mol. The molecule has 120 valence electrons. The number of hydrogen-bond donors (Lipinski definition) is 1. The van der Waals surface area contributed by atoms with Crippen molar-refractivity contribution in [1.29, 1.82) is 0 Å². The molecule has 0 aromatic heterocycles. The fourth-order valence-electron chi connectivity index (χ4n) is 1.41. The van der Waals surface area contributed by atoms with Crippen LogP contribution in [-0.2, 0) is 19.1 Å². The second-order valence-electron chi connectivity index (χ2n) is 3.90. The summed E-state index contributed by atoms with van der Waals surface area (Å²) in [4.78, 5) is 23.3. The van der Waals surface area contributed by atoms with Crippen LogP contribution in [0.2, 0.25) is 0 Å². The summed E-state index contributed by atoms with van der Waals surface area (Å²) in [7, 11) is 0. The summed E-state index contributed by atoms with van der Waals surface area (Å²) in [5, 5.41) is 2.32. The van der Waals surface area contributed by atoms with Gasteiger partial charge < -0.3 is 14.8 Å². The third-order valence-electron chi connectivity index (χ3n) is 2.36. The molecule has 0 atom stereocenters. The van der Waals surface area contributed by atoms with Crippen molar-refractivity contribution in [3.05, 3.63) is 41.4 Å². The molecular formula is C14H14F3NO4. The lowest BCUT2D eigenvalue weighted by Crippen LogP contribution is -2.19. The van der Waals surface area contributed by atoms with E-state index in [9.17, 15) is 22.8 Å². The van der Waals surface area contributed by atoms with E-state index in [0.717, 1.165) is 6.20 Å². The van der Waals surface area contributed by atoms with E-state index in [1.807, 2.05) is 0 Å². The second kappa shape index (κ2) is 8.06. The summed E-state index contributed by atoms with van der Waals surface area (Å²) < 4.78 is 48.3. The van der Waals surface area contributed by atoms with E-state index in [0.29, 0.717) is 12.1 Å². The summed E-state index contributed by atoms with van der Waals surface area (Å²) in [6.45, 7) is 3.13. The smallest absolute Gasteiger partial charge is 0.347 e. The molecule has 0 fully saturated rings. The Kier molecular flexibility index (Phi) is 6.43. The van der Waals surface area contributed by atoms with Gasteiger partial charge in [-0.25, -0.2) is 22.8 Å². The number of carbonyl (C=O) groups is 2. The molecule has 0 spiro atoms. The van der Waals surface area contributed by atoms with E-state index >= 15 is 0 Å². The van der Waals surface area contributed by atoms with Crippen LogP contribution in [0.25, 0.3) is 0 Å². The number of rotatable bonds is 6. The van der Waals surface area contributed by atoms with E-state index in [1.54, 1.807) is 13.8 Å². The molecule has 22 heavy (non-hydrogen) atoms. The number of nitrogens with one attached hydrogen (secondary N) is 1. The van der Waals surface area contributed by atoms with Gasteiger partial charge in [-0.05, 0) is 13.8 Å².